The van der Waals surface area contributed by atoms with Gasteiger partial charge in [-0.2, -0.15) is 0 Å². The van der Waals surface area contributed by atoms with E-state index in [-0.39, 0.29) is 16.6 Å². The normalized spacial score (nSPS) is 20.8. The van der Waals surface area contributed by atoms with E-state index in [9.17, 15) is 28.1 Å². The van der Waals surface area contributed by atoms with Crippen molar-refractivity contribution in [2.24, 2.45) is 5.92 Å². The Kier molecular flexibility index (Phi) is 7.11. The summed E-state index contributed by atoms with van der Waals surface area (Å²) in [4.78, 5) is 33.9. The van der Waals surface area contributed by atoms with Gasteiger partial charge in [0, 0.05) is 18.2 Å². The van der Waals surface area contributed by atoms with Crippen LogP contribution >= 0.6 is 0 Å². The summed E-state index contributed by atoms with van der Waals surface area (Å²) in [5.41, 5.74) is -0.261. The number of hydrogen-bond donors (Lipinski definition) is 1. The summed E-state index contributed by atoms with van der Waals surface area (Å²) in [6, 6.07) is 4.25. The van der Waals surface area contributed by atoms with Gasteiger partial charge in [-0.15, -0.1) is 0 Å². The topological polar surface area (TPSA) is 133 Å². The molecule has 9 nitrogen and oxygen atoms in total. The molecule has 1 aromatic carbocycles. The molecule has 0 spiro atoms. The molecule has 10 heteroatoms. The van der Waals surface area contributed by atoms with Crippen LogP contribution in [0, 0.1) is 16.0 Å². The number of nitro groups is 1. The number of nitro benzene ring substituents is 1. The number of carbonyl (C=O) groups is 2. The number of amides is 1. The van der Waals surface area contributed by atoms with E-state index in [1.807, 2.05) is 0 Å². The molecule has 3 atom stereocenters. The van der Waals surface area contributed by atoms with E-state index in [1.54, 1.807) is 0 Å². The molecule has 1 saturated carbocycles. The van der Waals surface area contributed by atoms with Crippen molar-refractivity contribution in [3.05, 3.63) is 34.4 Å². The molecule has 0 radical (unpaired) electrons. The first-order valence-electron chi connectivity index (χ1n) is 9.07. The van der Waals surface area contributed by atoms with Crippen molar-refractivity contribution in [3.63, 3.8) is 0 Å². The van der Waals surface area contributed by atoms with E-state index in [4.69, 9.17) is 4.74 Å². The van der Waals surface area contributed by atoms with Crippen LogP contribution in [0.2, 0.25) is 0 Å². The SMILES string of the molecule is C[C@H](C(=O)OCC(=O)N[C@H]1CCCC[C@@H]1C)S(=O)(=O)c1ccc([N+](=O)[O-])cc1. The lowest BCUT2D eigenvalue weighted by Gasteiger charge is -2.29. The maximum atomic E-state index is 12.5. The molecule has 0 unspecified atom stereocenters. The zero-order valence-corrected chi connectivity index (χ0v) is 16.6. The molecule has 154 valence electrons. The van der Waals surface area contributed by atoms with E-state index < -0.39 is 38.5 Å². The summed E-state index contributed by atoms with van der Waals surface area (Å²) in [6.07, 6.45) is 4.04. The number of nitrogens with one attached hydrogen (secondary N) is 1. The Labute approximate surface area is 163 Å². The summed E-state index contributed by atoms with van der Waals surface area (Å²) >= 11 is 0. The van der Waals surface area contributed by atoms with Crippen LogP contribution in [0.1, 0.15) is 39.5 Å². The van der Waals surface area contributed by atoms with Gasteiger partial charge in [-0.25, -0.2) is 8.42 Å². The largest absolute Gasteiger partial charge is 0.455 e. The first-order chi connectivity index (χ1) is 13.1. The van der Waals surface area contributed by atoms with Crippen LogP contribution in [0.3, 0.4) is 0 Å². The van der Waals surface area contributed by atoms with E-state index in [0.717, 1.165) is 56.9 Å². The van der Waals surface area contributed by atoms with E-state index >= 15 is 0 Å². The number of rotatable bonds is 7. The number of nitrogens with zero attached hydrogens (tertiary/aromatic N) is 1. The van der Waals surface area contributed by atoms with Crippen LogP contribution in [0.15, 0.2) is 29.2 Å². The van der Waals surface area contributed by atoms with Gasteiger partial charge in [-0.3, -0.25) is 19.7 Å². The fourth-order valence-corrected chi connectivity index (χ4v) is 4.37. The third-order valence-electron chi connectivity index (χ3n) is 4.98. The lowest BCUT2D eigenvalue weighted by atomic mass is 9.86. The Bertz CT molecular complexity index is 836. The Morgan fingerprint density at radius 3 is 2.43 bits per heavy atom. The Balaban J connectivity index is 1.93. The first-order valence-corrected chi connectivity index (χ1v) is 10.6. The third-order valence-corrected chi connectivity index (χ3v) is 7.03. The molecule has 1 fully saturated rings. The summed E-state index contributed by atoms with van der Waals surface area (Å²) in [7, 11) is -4.09. The number of sulfone groups is 1. The highest BCUT2D eigenvalue weighted by molar-refractivity contribution is 7.92. The zero-order chi connectivity index (χ0) is 20.9. The van der Waals surface area contributed by atoms with Crippen molar-refractivity contribution in [1.29, 1.82) is 0 Å². The molecular weight excluding hydrogens is 388 g/mol. The van der Waals surface area contributed by atoms with Crippen LogP contribution in [-0.2, 0) is 24.2 Å². The first kappa shape index (κ1) is 21.8. The van der Waals surface area contributed by atoms with Gasteiger partial charge in [0.25, 0.3) is 11.6 Å². The minimum atomic E-state index is -4.09. The van der Waals surface area contributed by atoms with Crippen molar-refractivity contribution < 1.29 is 27.7 Å². The number of ether oxygens (including phenoxy) is 1. The second kappa shape index (κ2) is 9.13. The monoisotopic (exact) mass is 412 g/mol. The van der Waals surface area contributed by atoms with Gasteiger partial charge >= 0.3 is 5.97 Å². The van der Waals surface area contributed by atoms with Crippen molar-refractivity contribution in [3.8, 4) is 0 Å². The quantitative estimate of drug-likeness (QED) is 0.411. The Hall–Kier alpha value is -2.49. The lowest BCUT2D eigenvalue weighted by molar-refractivity contribution is -0.384. The third kappa shape index (κ3) is 5.28. The molecule has 1 aliphatic carbocycles. The average molecular weight is 412 g/mol. The average Bonchev–Trinajstić information content (AvgIpc) is 2.67. The van der Waals surface area contributed by atoms with Gasteiger partial charge in [-0.05, 0) is 37.8 Å². The van der Waals surface area contributed by atoms with Crippen molar-refractivity contribution in [2.75, 3.05) is 6.61 Å². The maximum absolute atomic E-state index is 12.5. The van der Waals surface area contributed by atoms with Gasteiger partial charge < -0.3 is 10.1 Å². The van der Waals surface area contributed by atoms with Crippen LogP contribution in [-0.4, -0.2) is 43.1 Å². The number of carbonyl (C=O) groups excluding carboxylic acids is 2. The minimum absolute atomic E-state index is 0.0289. The van der Waals surface area contributed by atoms with Crippen molar-refractivity contribution >= 4 is 27.4 Å². The molecule has 0 saturated heterocycles. The highest BCUT2D eigenvalue weighted by atomic mass is 32.2. The van der Waals surface area contributed by atoms with Crippen LogP contribution in [0.5, 0.6) is 0 Å². The molecule has 0 bridgehead atoms. The molecule has 1 N–H and O–H groups in total. The van der Waals surface area contributed by atoms with Gasteiger partial charge in [0.05, 0.1) is 9.82 Å². The molecule has 0 aromatic heterocycles. The van der Waals surface area contributed by atoms with E-state index in [0.29, 0.717) is 5.92 Å². The second-order valence-corrected chi connectivity index (χ2v) is 9.25. The minimum Gasteiger partial charge on any atom is -0.455 e. The fourth-order valence-electron chi connectivity index (χ4n) is 3.12. The molecule has 0 aliphatic heterocycles. The summed E-state index contributed by atoms with van der Waals surface area (Å²) in [6.45, 7) is 2.65. The van der Waals surface area contributed by atoms with Crippen LogP contribution in [0.25, 0.3) is 0 Å². The van der Waals surface area contributed by atoms with Gasteiger partial charge in [0.2, 0.25) is 0 Å². The number of benzene rings is 1. The maximum Gasteiger partial charge on any atom is 0.324 e. The van der Waals surface area contributed by atoms with Crippen LogP contribution in [0.4, 0.5) is 5.69 Å². The predicted molar refractivity (Wildman–Crippen MR) is 100 cm³/mol. The molecule has 1 aliphatic rings. The standard InChI is InChI=1S/C18H24N2O7S/c1-12-5-3-4-6-16(12)19-17(21)11-27-18(22)13(2)28(25,26)15-9-7-14(8-10-15)20(23)24/h7-10,12-13,16H,3-6,11H2,1-2H3,(H,19,21)/t12-,13+,16-/m0/s1. The predicted octanol–water partition coefficient (Wildman–Crippen LogP) is 2.00. The van der Waals surface area contributed by atoms with Gasteiger partial charge in [-0.1, -0.05) is 19.8 Å². The lowest BCUT2D eigenvalue weighted by Crippen LogP contribution is -2.43. The highest BCUT2D eigenvalue weighted by Gasteiger charge is 2.32. The second-order valence-electron chi connectivity index (χ2n) is 6.98. The number of esters is 1. The van der Waals surface area contributed by atoms with Crippen LogP contribution < -0.4 is 5.32 Å². The Morgan fingerprint density at radius 2 is 1.86 bits per heavy atom. The van der Waals surface area contributed by atoms with Crippen molar-refractivity contribution in [1.82, 2.24) is 5.32 Å². The molecular formula is C18H24N2O7S. The fraction of sp³-hybridized carbons (Fsp3) is 0.556. The zero-order valence-electron chi connectivity index (χ0n) is 15.8. The van der Waals surface area contributed by atoms with Crippen molar-refractivity contribution in [2.45, 2.75) is 55.7 Å². The van der Waals surface area contributed by atoms with E-state index in [2.05, 4.69) is 12.2 Å². The summed E-state index contributed by atoms with van der Waals surface area (Å²) in [5, 5.41) is 11.9. The molecule has 1 amide bonds. The molecule has 0 heterocycles. The van der Waals surface area contributed by atoms with E-state index in [1.165, 1.54) is 0 Å². The summed E-state index contributed by atoms with van der Waals surface area (Å²) in [5.74, 6) is -1.17. The summed E-state index contributed by atoms with van der Waals surface area (Å²) < 4.78 is 29.8. The molecule has 28 heavy (non-hydrogen) atoms. The number of non-ortho nitro benzene ring substituents is 1. The Morgan fingerprint density at radius 1 is 1.25 bits per heavy atom. The molecule has 1 aromatic rings. The highest BCUT2D eigenvalue weighted by Crippen LogP contribution is 2.24. The van der Waals surface area contributed by atoms with Gasteiger partial charge in [0.1, 0.15) is 0 Å². The van der Waals surface area contributed by atoms with Gasteiger partial charge in [0.15, 0.2) is 21.7 Å². The smallest absolute Gasteiger partial charge is 0.324 e. The number of hydrogen-bond acceptors (Lipinski definition) is 7. The molecule has 2 rings (SSSR count).